The largest absolute Gasteiger partial charge is 0.349 e. The number of thioether (sulfide) groups is 1. The molecule has 0 bridgehead atoms. The van der Waals surface area contributed by atoms with Crippen LogP contribution in [0.2, 0.25) is 0 Å². The van der Waals surface area contributed by atoms with Crippen LogP contribution in [0.3, 0.4) is 0 Å². The third-order valence-corrected chi connectivity index (χ3v) is 5.98. The van der Waals surface area contributed by atoms with Gasteiger partial charge in [0.25, 0.3) is 5.91 Å². The predicted molar refractivity (Wildman–Crippen MR) is 111 cm³/mol. The van der Waals surface area contributed by atoms with Crippen LogP contribution in [0.1, 0.15) is 47.2 Å². The minimum atomic E-state index is -0.112. The quantitative estimate of drug-likeness (QED) is 0.712. The van der Waals surface area contributed by atoms with Crippen molar-refractivity contribution in [3.05, 3.63) is 59.2 Å². The zero-order valence-corrected chi connectivity index (χ0v) is 16.7. The van der Waals surface area contributed by atoms with Gasteiger partial charge >= 0.3 is 0 Å². The Kier molecular flexibility index (Phi) is 6.56. The van der Waals surface area contributed by atoms with Crippen LogP contribution in [-0.2, 0) is 4.79 Å². The molecule has 1 aliphatic rings. The van der Waals surface area contributed by atoms with Crippen molar-refractivity contribution in [2.45, 2.75) is 50.5 Å². The van der Waals surface area contributed by atoms with Gasteiger partial charge in [-0.3, -0.25) is 9.59 Å². The summed E-state index contributed by atoms with van der Waals surface area (Å²) in [6, 6.07) is 13.6. The molecule has 0 aliphatic heterocycles. The first-order chi connectivity index (χ1) is 13.0. The lowest BCUT2D eigenvalue weighted by Crippen LogP contribution is -2.33. The van der Waals surface area contributed by atoms with Crippen LogP contribution in [0, 0.1) is 13.8 Å². The highest BCUT2D eigenvalue weighted by Gasteiger charge is 2.20. The number of anilines is 1. The maximum Gasteiger partial charge on any atom is 0.253 e. The second-order valence-corrected chi connectivity index (χ2v) is 8.13. The molecule has 4 nitrogen and oxygen atoms in total. The first kappa shape index (κ1) is 19.5. The summed E-state index contributed by atoms with van der Waals surface area (Å²) in [5.41, 5.74) is 3.55. The number of amides is 2. The number of rotatable bonds is 6. The van der Waals surface area contributed by atoms with Crippen LogP contribution < -0.4 is 10.6 Å². The Morgan fingerprint density at radius 1 is 1.04 bits per heavy atom. The fraction of sp³-hybridized carbons (Fsp3) is 0.364. The summed E-state index contributed by atoms with van der Waals surface area (Å²) in [5, 5.41) is 5.97. The van der Waals surface area contributed by atoms with Crippen molar-refractivity contribution in [3.63, 3.8) is 0 Å². The molecule has 1 aliphatic carbocycles. The summed E-state index contributed by atoms with van der Waals surface area (Å²) in [6.07, 6.45) is 4.40. The standard InChI is InChI=1S/C22H26N2O2S/c1-15-11-12-18(13-16(15)2)27-14-21(25)24-20-10-6-5-9-19(20)22(26)23-17-7-3-4-8-17/h5-6,9-13,17H,3-4,7-8,14H2,1-2H3,(H,23,26)(H,24,25). The molecule has 2 aromatic carbocycles. The van der Waals surface area contributed by atoms with E-state index in [1.165, 1.54) is 35.7 Å². The summed E-state index contributed by atoms with van der Waals surface area (Å²) in [6.45, 7) is 4.14. The lowest BCUT2D eigenvalue weighted by molar-refractivity contribution is -0.113. The predicted octanol–water partition coefficient (Wildman–Crippen LogP) is 4.71. The van der Waals surface area contributed by atoms with Gasteiger partial charge in [0, 0.05) is 10.9 Å². The maximum absolute atomic E-state index is 12.6. The van der Waals surface area contributed by atoms with Gasteiger partial charge in [0.1, 0.15) is 0 Å². The van der Waals surface area contributed by atoms with Crippen LogP contribution in [0.25, 0.3) is 0 Å². The van der Waals surface area contributed by atoms with E-state index in [0.717, 1.165) is 17.7 Å². The van der Waals surface area contributed by atoms with Gasteiger partial charge in [-0.15, -0.1) is 11.8 Å². The molecule has 0 radical (unpaired) electrons. The molecule has 3 rings (SSSR count). The molecule has 0 aromatic heterocycles. The minimum Gasteiger partial charge on any atom is -0.349 e. The molecule has 1 fully saturated rings. The lowest BCUT2D eigenvalue weighted by atomic mass is 10.1. The van der Waals surface area contributed by atoms with Crippen LogP contribution in [0.15, 0.2) is 47.4 Å². The summed E-state index contributed by atoms with van der Waals surface area (Å²) in [4.78, 5) is 26.0. The van der Waals surface area contributed by atoms with Gasteiger partial charge in [-0.25, -0.2) is 0 Å². The smallest absolute Gasteiger partial charge is 0.253 e. The molecule has 1 saturated carbocycles. The first-order valence-corrected chi connectivity index (χ1v) is 10.4. The second kappa shape index (κ2) is 9.09. The normalized spacial score (nSPS) is 14.1. The van der Waals surface area contributed by atoms with Crippen LogP contribution in [-0.4, -0.2) is 23.6 Å². The van der Waals surface area contributed by atoms with E-state index >= 15 is 0 Å². The van der Waals surface area contributed by atoms with Gasteiger partial charge in [0.2, 0.25) is 5.91 Å². The summed E-state index contributed by atoms with van der Waals surface area (Å²) in [7, 11) is 0. The number of para-hydroxylation sites is 1. The molecule has 27 heavy (non-hydrogen) atoms. The zero-order chi connectivity index (χ0) is 19.2. The average Bonchev–Trinajstić information content (AvgIpc) is 3.16. The van der Waals surface area contributed by atoms with E-state index in [1.807, 2.05) is 18.2 Å². The van der Waals surface area contributed by atoms with Crippen molar-refractivity contribution in [1.82, 2.24) is 5.32 Å². The van der Waals surface area contributed by atoms with Crippen molar-refractivity contribution in [3.8, 4) is 0 Å². The molecular weight excluding hydrogens is 356 g/mol. The van der Waals surface area contributed by atoms with Gasteiger partial charge in [-0.2, -0.15) is 0 Å². The van der Waals surface area contributed by atoms with Crippen molar-refractivity contribution in [1.29, 1.82) is 0 Å². The molecule has 2 aromatic rings. The molecule has 0 atom stereocenters. The van der Waals surface area contributed by atoms with E-state index in [2.05, 4.69) is 36.6 Å². The fourth-order valence-electron chi connectivity index (χ4n) is 3.26. The Balaban J connectivity index is 1.60. The topological polar surface area (TPSA) is 58.2 Å². The summed E-state index contributed by atoms with van der Waals surface area (Å²) < 4.78 is 0. The Morgan fingerprint density at radius 2 is 1.78 bits per heavy atom. The molecule has 0 spiro atoms. The van der Waals surface area contributed by atoms with Crippen LogP contribution in [0.5, 0.6) is 0 Å². The van der Waals surface area contributed by atoms with E-state index in [9.17, 15) is 9.59 Å². The highest BCUT2D eigenvalue weighted by atomic mass is 32.2. The summed E-state index contributed by atoms with van der Waals surface area (Å²) >= 11 is 1.50. The zero-order valence-electron chi connectivity index (χ0n) is 15.9. The number of benzene rings is 2. The minimum absolute atomic E-state index is 0.111. The Morgan fingerprint density at radius 3 is 2.52 bits per heavy atom. The molecule has 0 heterocycles. The number of carbonyl (C=O) groups is 2. The molecule has 2 N–H and O–H groups in total. The first-order valence-electron chi connectivity index (χ1n) is 9.43. The second-order valence-electron chi connectivity index (χ2n) is 7.08. The highest BCUT2D eigenvalue weighted by molar-refractivity contribution is 8.00. The van der Waals surface area contributed by atoms with E-state index in [4.69, 9.17) is 0 Å². The Hall–Kier alpha value is -2.27. The van der Waals surface area contributed by atoms with Crippen molar-refractivity contribution in [2.75, 3.05) is 11.1 Å². The Bertz CT molecular complexity index is 829. The van der Waals surface area contributed by atoms with Gasteiger partial charge < -0.3 is 10.6 Å². The van der Waals surface area contributed by atoms with Crippen LogP contribution in [0.4, 0.5) is 5.69 Å². The fourth-order valence-corrected chi connectivity index (χ4v) is 4.06. The third kappa shape index (κ3) is 5.36. The number of nitrogens with one attached hydrogen (secondary N) is 2. The summed E-state index contributed by atoms with van der Waals surface area (Å²) in [5.74, 6) is 0.0834. The van der Waals surface area contributed by atoms with E-state index in [0.29, 0.717) is 17.0 Å². The molecule has 0 saturated heterocycles. The van der Waals surface area contributed by atoms with Gasteiger partial charge in [0.15, 0.2) is 0 Å². The highest BCUT2D eigenvalue weighted by Crippen LogP contribution is 2.23. The van der Waals surface area contributed by atoms with Gasteiger partial charge in [-0.05, 0) is 62.1 Å². The van der Waals surface area contributed by atoms with Crippen molar-refractivity contribution in [2.24, 2.45) is 0 Å². The van der Waals surface area contributed by atoms with Crippen molar-refractivity contribution >= 4 is 29.3 Å². The number of carbonyl (C=O) groups excluding carboxylic acids is 2. The van der Waals surface area contributed by atoms with E-state index < -0.39 is 0 Å². The average molecular weight is 383 g/mol. The maximum atomic E-state index is 12.6. The molecule has 0 unspecified atom stereocenters. The number of hydrogen-bond donors (Lipinski definition) is 2. The SMILES string of the molecule is Cc1ccc(SCC(=O)Nc2ccccc2C(=O)NC2CCCC2)cc1C. The Labute approximate surface area is 165 Å². The third-order valence-electron chi connectivity index (χ3n) is 4.98. The lowest BCUT2D eigenvalue weighted by Gasteiger charge is -2.15. The molecule has 5 heteroatoms. The van der Waals surface area contributed by atoms with E-state index in [-0.39, 0.29) is 17.9 Å². The molecule has 142 valence electrons. The monoisotopic (exact) mass is 382 g/mol. The van der Waals surface area contributed by atoms with Crippen LogP contribution >= 0.6 is 11.8 Å². The van der Waals surface area contributed by atoms with E-state index in [1.54, 1.807) is 12.1 Å². The van der Waals surface area contributed by atoms with Gasteiger partial charge in [-0.1, -0.05) is 31.0 Å². The van der Waals surface area contributed by atoms with Gasteiger partial charge in [0.05, 0.1) is 17.0 Å². The number of hydrogen-bond acceptors (Lipinski definition) is 3. The molecule has 2 amide bonds. The molecular formula is C22H26N2O2S. The number of aryl methyl sites for hydroxylation is 2. The van der Waals surface area contributed by atoms with Crippen molar-refractivity contribution < 1.29 is 9.59 Å².